The van der Waals surface area contributed by atoms with Crippen LogP contribution in [-0.2, 0) is 6.54 Å². The van der Waals surface area contributed by atoms with Crippen LogP contribution >= 0.6 is 12.4 Å². The van der Waals surface area contributed by atoms with Gasteiger partial charge in [-0.2, -0.15) is 0 Å². The van der Waals surface area contributed by atoms with Gasteiger partial charge in [-0.05, 0) is 25.1 Å². The van der Waals surface area contributed by atoms with Crippen LogP contribution in [0.1, 0.15) is 31.9 Å². The van der Waals surface area contributed by atoms with Crippen LogP contribution in [0, 0.1) is 0 Å². The highest BCUT2D eigenvalue weighted by atomic mass is 35.5. The summed E-state index contributed by atoms with van der Waals surface area (Å²) in [7, 11) is 0. The van der Waals surface area contributed by atoms with E-state index >= 15 is 0 Å². The van der Waals surface area contributed by atoms with Crippen molar-refractivity contribution in [3.8, 4) is 0 Å². The monoisotopic (exact) mass is 214 g/mol. The molecule has 0 atom stereocenters. The molecule has 0 amide bonds. The molecule has 1 aromatic heterocycles. The minimum absolute atomic E-state index is 0. The largest absolute Gasteiger partial charge is 0.311 e. The van der Waals surface area contributed by atoms with Crippen molar-refractivity contribution < 1.29 is 0 Å². The van der Waals surface area contributed by atoms with Gasteiger partial charge >= 0.3 is 0 Å². The number of nitrogens with one attached hydrogen (secondary N) is 1. The van der Waals surface area contributed by atoms with Gasteiger partial charge in [0.05, 0.1) is 5.69 Å². The van der Waals surface area contributed by atoms with E-state index < -0.39 is 0 Å². The Hall–Kier alpha value is -0.600. The van der Waals surface area contributed by atoms with E-state index in [0.29, 0.717) is 0 Å². The molecule has 0 aliphatic rings. The normalized spacial score (nSPS) is 9.50. The Balaban J connectivity index is 0.00000169. The fraction of sp³-hybridized carbons (Fsp3) is 0.545. The Kier molecular flexibility index (Phi) is 8.59. The van der Waals surface area contributed by atoms with Crippen molar-refractivity contribution >= 4 is 12.4 Å². The molecule has 1 heterocycles. The van der Waals surface area contributed by atoms with E-state index in [-0.39, 0.29) is 12.4 Å². The van der Waals surface area contributed by atoms with Gasteiger partial charge in [-0.25, -0.2) is 0 Å². The lowest BCUT2D eigenvalue weighted by Gasteiger charge is -2.02. The molecule has 0 aliphatic heterocycles. The SMILES string of the molecule is CCCCCNCc1ccccn1.Cl. The summed E-state index contributed by atoms with van der Waals surface area (Å²) in [5.74, 6) is 0. The maximum atomic E-state index is 4.23. The number of nitrogens with zero attached hydrogens (tertiary/aromatic N) is 1. The Morgan fingerprint density at radius 2 is 2.14 bits per heavy atom. The summed E-state index contributed by atoms with van der Waals surface area (Å²) in [5, 5.41) is 3.37. The number of hydrogen-bond donors (Lipinski definition) is 1. The molecule has 3 heteroatoms. The van der Waals surface area contributed by atoms with Crippen LogP contribution in [0.15, 0.2) is 24.4 Å². The van der Waals surface area contributed by atoms with Crippen molar-refractivity contribution in [2.24, 2.45) is 0 Å². The summed E-state index contributed by atoms with van der Waals surface area (Å²) in [6.07, 6.45) is 5.70. The van der Waals surface area contributed by atoms with Gasteiger partial charge in [0.15, 0.2) is 0 Å². The standard InChI is InChI=1S/C11H18N2.ClH/c1-2-3-5-8-12-10-11-7-4-6-9-13-11;/h4,6-7,9,12H,2-3,5,8,10H2,1H3;1H. The van der Waals surface area contributed by atoms with Crippen molar-refractivity contribution in [1.82, 2.24) is 10.3 Å². The molecule has 0 saturated carbocycles. The van der Waals surface area contributed by atoms with E-state index in [1.807, 2.05) is 24.4 Å². The zero-order valence-corrected chi connectivity index (χ0v) is 9.52. The molecule has 2 nitrogen and oxygen atoms in total. The third-order valence-electron chi connectivity index (χ3n) is 1.99. The average molecular weight is 215 g/mol. The van der Waals surface area contributed by atoms with Gasteiger partial charge in [0, 0.05) is 12.7 Å². The van der Waals surface area contributed by atoms with Crippen LogP contribution in [0.25, 0.3) is 0 Å². The molecule has 1 N–H and O–H groups in total. The molecular formula is C11H19ClN2. The number of hydrogen-bond acceptors (Lipinski definition) is 2. The molecule has 1 rings (SSSR count). The van der Waals surface area contributed by atoms with Crippen LogP contribution in [-0.4, -0.2) is 11.5 Å². The zero-order valence-electron chi connectivity index (χ0n) is 8.70. The predicted octanol–water partition coefficient (Wildman–Crippen LogP) is 2.78. The lowest BCUT2D eigenvalue weighted by Crippen LogP contribution is -2.15. The summed E-state index contributed by atoms with van der Waals surface area (Å²) >= 11 is 0. The van der Waals surface area contributed by atoms with Gasteiger partial charge in [-0.1, -0.05) is 25.8 Å². The molecule has 0 fully saturated rings. The first-order valence-corrected chi connectivity index (χ1v) is 5.04. The van der Waals surface area contributed by atoms with Crippen molar-refractivity contribution in [3.63, 3.8) is 0 Å². The minimum Gasteiger partial charge on any atom is -0.311 e. The summed E-state index contributed by atoms with van der Waals surface area (Å²) in [5.41, 5.74) is 1.12. The topological polar surface area (TPSA) is 24.9 Å². The molecule has 0 unspecified atom stereocenters. The molecule has 0 radical (unpaired) electrons. The van der Waals surface area contributed by atoms with Gasteiger partial charge in [-0.3, -0.25) is 4.98 Å². The molecule has 0 saturated heterocycles. The van der Waals surface area contributed by atoms with Crippen LogP contribution in [0.4, 0.5) is 0 Å². The number of pyridine rings is 1. The van der Waals surface area contributed by atoms with E-state index in [9.17, 15) is 0 Å². The van der Waals surface area contributed by atoms with E-state index in [0.717, 1.165) is 18.8 Å². The summed E-state index contributed by atoms with van der Waals surface area (Å²) in [6, 6.07) is 6.02. The quantitative estimate of drug-likeness (QED) is 0.737. The second-order valence-electron chi connectivity index (χ2n) is 3.20. The minimum atomic E-state index is 0. The summed E-state index contributed by atoms with van der Waals surface area (Å²) < 4.78 is 0. The second kappa shape index (κ2) is 8.97. The van der Waals surface area contributed by atoms with E-state index in [1.165, 1.54) is 19.3 Å². The Morgan fingerprint density at radius 1 is 1.29 bits per heavy atom. The molecule has 80 valence electrons. The van der Waals surface area contributed by atoms with Gasteiger partial charge < -0.3 is 5.32 Å². The molecule has 0 aliphatic carbocycles. The predicted molar refractivity (Wildman–Crippen MR) is 62.7 cm³/mol. The second-order valence-corrected chi connectivity index (χ2v) is 3.20. The number of rotatable bonds is 6. The molecule has 0 bridgehead atoms. The molecule has 1 aromatic rings. The van der Waals surface area contributed by atoms with Gasteiger partial charge in [0.2, 0.25) is 0 Å². The van der Waals surface area contributed by atoms with Crippen LogP contribution in [0.5, 0.6) is 0 Å². The Labute approximate surface area is 92.5 Å². The summed E-state index contributed by atoms with van der Waals surface area (Å²) in [6.45, 7) is 4.22. The van der Waals surface area contributed by atoms with Crippen molar-refractivity contribution in [1.29, 1.82) is 0 Å². The van der Waals surface area contributed by atoms with Gasteiger partial charge in [-0.15, -0.1) is 12.4 Å². The lowest BCUT2D eigenvalue weighted by molar-refractivity contribution is 0.611. The fourth-order valence-corrected chi connectivity index (χ4v) is 1.22. The smallest absolute Gasteiger partial charge is 0.0541 e. The number of unbranched alkanes of at least 4 members (excludes halogenated alkanes) is 2. The Bertz CT molecular complexity index is 214. The third-order valence-corrected chi connectivity index (χ3v) is 1.99. The van der Waals surface area contributed by atoms with Crippen LogP contribution in [0.2, 0.25) is 0 Å². The van der Waals surface area contributed by atoms with Crippen LogP contribution in [0.3, 0.4) is 0 Å². The zero-order chi connectivity index (χ0) is 9.36. The van der Waals surface area contributed by atoms with Crippen molar-refractivity contribution in [2.75, 3.05) is 6.54 Å². The average Bonchev–Trinajstić information content (AvgIpc) is 2.19. The maximum absolute atomic E-state index is 4.23. The van der Waals surface area contributed by atoms with E-state index in [2.05, 4.69) is 17.2 Å². The Morgan fingerprint density at radius 3 is 2.79 bits per heavy atom. The van der Waals surface area contributed by atoms with Crippen LogP contribution < -0.4 is 5.32 Å². The number of halogens is 1. The van der Waals surface area contributed by atoms with E-state index in [1.54, 1.807) is 0 Å². The highest BCUT2D eigenvalue weighted by molar-refractivity contribution is 5.85. The summed E-state index contributed by atoms with van der Waals surface area (Å²) in [4.78, 5) is 4.23. The molecular weight excluding hydrogens is 196 g/mol. The lowest BCUT2D eigenvalue weighted by atomic mass is 10.2. The van der Waals surface area contributed by atoms with Gasteiger partial charge in [0.25, 0.3) is 0 Å². The van der Waals surface area contributed by atoms with Crippen molar-refractivity contribution in [2.45, 2.75) is 32.7 Å². The number of aromatic nitrogens is 1. The highest BCUT2D eigenvalue weighted by Crippen LogP contribution is 1.94. The van der Waals surface area contributed by atoms with Gasteiger partial charge in [0.1, 0.15) is 0 Å². The first kappa shape index (κ1) is 13.4. The first-order chi connectivity index (χ1) is 6.43. The van der Waals surface area contributed by atoms with Crippen molar-refractivity contribution in [3.05, 3.63) is 30.1 Å². The molecule has 14 heavy (non-hydrogen) atoms. The first-order valence-electron chi connectivity index (χ1n) is 5.04. The molecule has 0 aromatic carbocycles. The molecule has 0 spiro atoms. The third kappa shape index (κ3) is 5.95. The maximum Gasteiger partial charge on any atom is 0.0541 e. The van der Waals surface area contributed by atoms with E-state index in [4.69, 9.17) is 0 Å². The fourth-order valence-electron chi connectivity index (χ4n) is 1.22. The highest BCUT2D eigenvalue weighted by Gasteiger charge is 1.91.